The number of carbonyl (C=O) groups is 2. The van der Waals surface area contributed by atoms with Crippen molar-refractivity contribution in [1.82, 2.24) is 4.31 Å². The molecule has 0 atom stereocenters. The molecule has 1 aromatic carbocycles. The first-order valence-electron chi connectivity index (χ1n) is 5.44. The third-order valence-electron chi connectivity index (χ3n) is 2.28. The number of ketones is 1. The monoisotopic (exact) mass is 285 g/mol. The standard InChI is InChI=1S/C12H15NO5S/c1-9(14)8-18-12(15)10-4-6-11(7-5-10)19(16,17)13(2)3/h4-7H,8H2,1-3H3. The molecule has 0 aliphatic rings. The predicted octanol–water partition coefficient (Wildman–Crippen LogP) is 0.683. The highest BCUT2D eigenvalue weighted by molar-refractivity contribution is 7.89. The van der Waals surface area contributed by atoms with Crippen molar-refractivity contribution in [2.75, 3.05) is 20.7 Å². The van der Waals surface area contributed by atoms with Gasteiger partial charge in [-0.3, -0.25) is 4.79 Å². The Hall–Kier alpha value is -1.73. The molecule has 19 heavy (non-hydrogen) atoms. The number of benzene rings is 1. The number of hydrogen-bond donors (Lipinski definition) is 0. The largest absolute Gasteiger partial charge is 0.454 e. The van der Waals surface area contributed by atoms with Crippen LogP contribution in [0.1, 0.15) is 17.3 Å². The zero-order valence-corrected chi connectivity index (χ0v) is 11.7. The topological polar surface area (TPSA) is 80.8 Å². The van der Waals surface area contributed by atoms with Crippen molar-refractivity contribution < 1.29 is 22.7 Å². The summed E-state index contributed by atoms with van der Waals surface area (Å²) in [6.45, 7) is 1.01. The average Bonchev–Trinajstić information content (AvgIpc) is 2.35. The van der Waals surface area contributed by atoms with Crippen LogP contribution in [0.3, 0.4) is 0 Å². The Balaban J connectivity index is 2.88. The summed E-state index contributed by atoms with van der Waals surface area (Å²) in [6.07, 6.45) is 0. The van der Waals surface area contributed by atoms with Crippen LogP contribution in [0.4, 0.5) is 0 Å². The molecular formula is C12H15NO5S. The molecule has 0 heterocycles. The molecule has 0 saturated heterocycles. The molecule has 0 fully saturated rings. The van der Waals surface area contributed by atoms with Crippen molar-refractivity contribution in [2.24, 2.45) is 0 Å². The van der Waals surface area contributed by atoms with E-state index in [-0.39, 0.29) is 22.8 Å². The molecule has 0 radical (unpaired) electrons. The van der Waals surface area contributed by atoms with Crippen LogP contribution < -0.4 is 0 Å². The normalized spacial score (nSPS) is 11.4. The van der Waals surface area contributed by atoms with Gasteiger partial charge in [0.15, 0.2) is 5.78 Å². The maximum absolute atomic E-state index is 11.8. The first kappa shape index (κ1) is 15.3. The van der Waals surface area contributed by atoms with Crippen molar-refractivity contribution in [2.45, 2.75) is 11.8 Å². The van der Waals surface area contributed by atoms with E-state index in [1.165, 1.54) is 45.3 Å². The lowest BCUT2D eigenvalue weighted by molar-refractivity contribution is -0.120. The van der Waals surface area contributed by atoms with Crippen molar-refractivity contribution in [3.8, 4) is 0 Å². The highest BCUT2D eigenvalue weighted by Crippen LogP contribution is 2.14. The molecule has 7 heteroatoms. The predicted molar refractivity (Wildman–Crippen MR) is 68.3 cm³/mol. The summed E-state index contributed by atoms with van der Waals surface area (Å²) in [4.78, 5) is 22.3. The van der Waals surface area contributed by atoms with Gasteiger partial charge in [0.2, 0.25) is 10.0 Å². The van der Waals surface area contributed by atoms with Gasteiger partial charge >= 0.3 is 5.97 Å². The Morgan fingerprint density at radius 3 is 2.11 bits per heavy atom. The molecule has 1 rings (SSSR count). The molecule has 0 amide bonds. The number of nitrogens with zero attached hydrogens (tertiary/aromatic N) is 1. The molecule has 0 spiro atoms. The van der Waals surface area contributed by atoms with Crippen molar-refractivity contribution in [1.29, 1.82) is 0 Å². The fourth-order valence-corrected chi connectivity index (χ4v) is 2.13. The van der Waals surface area contributed by atoms with Crippen LogP contribution in [0.15, 0.2) is 29.2 Å². The summed E-state index contributed by atoms with van der Waals surface area (Å²) < 4.78 is 29.4. The molecule has 104 valence electrons. The van der Waals surface area contributed by atoms with Gasteiger partial charge in [0.1, 0.15) is 6.61 Å². The second-order valence-corrected chi connectivity index (χ2v) is 6.24. The molecule has 0 unspecified atom stereocenters. The Bertz CT molecular complexity index is 575. The van der Waals surface area contributed by atoms with Crippen LogP contribution in [0.5, 0.6) is 0 Å². The molecule has 0 saturated carbocycles. The van der Waals surface area contributed by atoms with Gasteiger partial charge < -0.3 is 4.74 Å². The number of esters is 1. The van der Waals surface area contributed by atoms with Crippen LogP contribution >= 0.6 is 0 Å². The summed E-state index contributed by atoms with van der Waals surface area (Å²) in [7, 11) is -0.676. The third-order valence-corrected chi connectivity index (χ3v) is 4.10. The first-order chi connectivity index (χ1) is 8.75. The van der Waals surface area contributed by atoms with Gasteiger partial charge in [0, 0.05) is 14.1 Å². The van der Waals surface area contributed by atoms with Gasteiger partial charge in [0.25, 0.3) is 0 Å². The van der Waals surface area contributed by atoms with Crippen molar-refractivity contribution in [3.05, 3.63) is 29.8 Å². The molecule has 6 nitrogen and oxygen atoms in total. The number of Topliss-reactive ketones (excluding diaryl/α,β-unsaturated/α-hetero) is 1. The lowest BCUT2D eigenvalue weighted by atomic mass is 10.2. The van der Waals surface area contributed by atoms with E-state index >= 15 is 0 Å². The number of rotatable bonds is 5. The third kappa shape index (κ3) is 3.87. The van der Waals surface area contributed by atoms with Gasteiger partial charge in [-0.05, 0) is 31.2 Å². The fourth-order valence-electron chi connectivity index (χ4n) is 1.22. The lowest BCUT2D eigenvalue weighted by Crippen LogP contribution is -2.22. The maximum atomic E-state index is 11.8. The molecular weight excluding hydrogens is 270 g/mol. The Morgan fingerprint density at radius 1 is 1.16 bits per heavy atom. The molecule has 0 aliphatic carbocycles. The van der Waals surface area contributed by atoms with Crippen LogP contribution in [-0.4, -0.2) is 45.2 Å². The van der Waals surface area contributed by atoms with Crippen LogP contribution in [0.25, 0.3) is 0 Å². The van der Waals surface area contributed by atoms with E-state index in [1.807, 2.05) is 0 Å². The van der Waals surface area contributed by atoms with E-state index in [2.05, 4.69) is 0 Å². The average molecular weight is 285 g/mol. The second kappa shape index (κ2) is 5.94. The van der Waals surface area contributed by atoms with Gasteiger partial charge in [-0.1, -0.05) is 0 Å². The Morgan fingerprint density at radius 2 is 1.68 bits per heavy atom. The van der Waals surface area contributed by atoms with Gasteiger partial charge in [0.05, 0.1) is 10.5 Å². The van der Waals surface area contributed by atoms with Crippen LogP contribution in [0.2, 0.25) is 0 Å². The molecule has 0 aliphatic heterocycles. The lowest BCUT2D eigenvalue weighted by Gasteiger charge is -2.11. The van der Waals surface area contributed by atoms with Crippen LogP contribution in [0, 0.1) is 0 Å². The van der Waals surface area contributed by atoms with E-state index in [9.17, 15) is 18.0 Å². The SMILES string of the molecule is CC(=O)COC(=O)c1ccc(S(=O)(=O)N(C)C)cc1. The Kier molecular flexibility index (Phi) is 4.79. The van der Waals surface area contributed by atoms with E-state index in [4.69, 9.17) is 4.74 Å². The Labute approximate surface area is 112 Å². The smallest absolute Gasteiger partial charge is 0.338 e. The van der Waals surface area contributed by atoms with E-state index in [0.29, 0.717) is 0 Å². The van der Waals surface area contributed by atoms with Gasteiger partial charge in [-0.25, -0.2) is 17.5 Å². The fraction of sp³-hybridized carbons (Fsp3) is 0.333. The first-order valence-corrected chi connectivity index (χ1v) is 6.88. The quantitative estimate of drug-likeness (QED) is 0.743. The summed E-state index contributed by atoms with van der Waals surface area (Å²) in [6, 6.07) is 5.33. The maximum Gasteiger partial charge on any atom is 0.338 e. The summed E-state index contributed by atoms with van der Waals surface area (Å²) >= 11 is 0. The highest BCUT2D eigenvalue weighted by Gasteiger charge is 2.17. The number of carbonyl (C=O) groups excluding carboxylic acids is 2. The van der Waals surface area contributed by atoms with Crippen molar-refractivity contribution >= 4 is 21.8 Å². The number of hydrogen-bond acceptors (Lipinski definition) is 5. The number of sulfonamides is 1. The van der Waals surface area contributed by atoms with E-state index < -0.39 is 16.0 Å². The number of ether oxygens (including phenoxy) is 1. The zero-order valence-electron chi connectivity index (χ0n) is 10.9. The minimum Gasteiger partial charge on any atom is -0.454 e. The minimum absolute atomic E-state index is 0.0839. The molecule has 0 N–H and O–H groups in total. The zero-order chi connectivity index (χ0) is 14.6. The summed E-state index contributed by atoms with van der Waals surface area (Å²) in [5.74, 6) is -0.927. The van der Waals surface area contributed by atoms with Gasteiger partial charge in [-0.15, -0.1) is 0 Å². The van der Waals surface area contributed by atoms with Gasteiger partial charge in [-0.2, -0.15) is 0 Å². The molecule has 1 aromatic rings. The van der Waals surface area contributed by atoms with Crippen molar-refractivity contribution in [3.63, 3.8) is 0 Å². The molecule has 0 bridgehead atoms. The highest BCUT2D eigenvalue weighted by atomic mass is 32.2. The second-order valence-electron chi connectivity index (χ2n) is 4.09. The minimum atomic E-state index is -3.52. The van der Waals surface area contributed by atoms with E-state index in [1.54, 1.807) is 0 Å². The molecule has 0 aromatic heterocycles. The summed E-state index contributed by atoms with van der Waals surface area (Å²) in [5.41, 5.74) is 0.193. The summed E-state index contributed by atoms with van der Waals surface area (Å²) in [5, 5.41) is 0. The van der Waals surface area contributed by atoms with Crippen LogP contribution in [-0.2, 0) is 19.6 Å². The van der Waals surface area contributed by atoms with E-state index in [0.717, 1.165) is 4.31 Å².